The van der Waals surface area contributed by atoms with Crippen molar-refractivity contribution in [1.82, 2.24) is 4.98 Å². The van der Waals surface area contributed by atoms with Crippen LogP contribution in [0.3, 0.4) is 0 Å². The first-order valence-corrected chi connectivity index (χ1v) is 5.54. The number of rotatable bonds is 2. The molecule has 3 nitrogen and oxygen atoms in total. The molecule has 1 aliphatic carbocycles. The van der Waals surface area contributed by atoms with Crippen LogP contribution in [0.1, 0.15) is 20.3 Å². The molecule has 2 unspecified atom stereocenters. The molecule has 0 bridgehead atoms. The molecule has 16 heavy (non-hydrogen) atoms. The van der Waals surface area contributed by atoms with Crippen LogP contribution in [0.2, 0.25) is 5.02 Å². The molecule has 0 spiro atoms. The SMILES string of the molecule is CC1(C)C(O)CC1Nc1ncc(Cl)cc1F. The fourth-order valence-corrected chi connectivity index (χ4v) is 1.98. The number of aliphatic hydroxyl groups excluding tert-OH is 1. The van der Waals surface area contributed by atoms with Gasteiger partial charge in [0.05, 0.1) is 11.1 Å². The number of hydrogen-bond donors (Lipinski definition) is 2. The van der Waals surface area contributed by atoms with E-state index in [1.165, 1.54) is 12.3 Å². The van der Waals surface area contributed by atoms with Gasteiger partial charge in [0.2, 0.25) is 0 Å². The number of pyridine rings is 1. The van der Waals surface area contributed by atoms with Crippen molar-refractivity contribution >= 4 is 17.4 Å². The largest absolute Gasteiger partial charge is 0.392 e. The van der Waals surface area contributed by atoms with E-state index in [1.807, 2.05) is 13.8 Å². The van der Waals surface area contributed by atoms with Crippen LogP contribution >= 0.6 is 11.6 Å². The second kappa shape index (κ2) is 3.86. The van der Waals surface area contributed by atoms with Gasteiger partial charge in [0.1, 0.15) is 0 Å². The van der Waals surface area contributed by atoms with Gasteiger partial charge in [-0.3, -0.25) is 0 Å². The third-order valence-electron chi connectivity index (χ3n) is 3.33. The predicted molar refractivity (Wildman–Crippen MR) is 61.0 cm³/mol. The van der Waals surface area contributed by atoms with Gasteiger partial charge in [-0.25, -0.2) is 9.37 Å². The van der Waals surface area contributed by atoms with Crippen LogP contribution in [0.15, 0.2) is 12.3 Å². The van der Waals surface area contributed by atoms with E-state index < -0.39 is 5.82 Å². The number of nitrogens with one attached hydrogen (secondary N) is 1. The molecule has 1 aromatic heterocycles. The van der Waals surface area contributed by atoms with Crippen LogP contribution < -0.4 is 5.32 Å². The van der Waals surface area contributed by atoms with Crippen molar-refractivity contribution in [2.45, 2.75) is 32.4 Å². The van der Waals surface area contributed by atoms with Gasteiger partial charge in [0.25, 0.3) is 0 Å². The Balaban J connectivity index is 2.11. The van der Waals surface area contributed by atoms with Gasteiger partial charge in [-0.2, -0.15) is 0 Å². The van der Waals surface area contributed by atoms with E-state index in [4.69, 9.17) is 11.6 Å². The van der Waals surface area contributed by atoms with E-state index in [9.17, 15) is 9.50 Å². The third kappa shape index (κ3) is 1.87. The fraction of sp³-hybridized carbons (Fsp3) is 0.545. The molecule has 0 saturated heterocycles. The quantitative estimate of drug-likeness (QED) is 0.840. The molecular formula is C11H14ClFN2O. The second-order valence-electron chi connectivity index (χ2n) is 4.75. The first-order chi connectivity index (χ1) is 7.41. The molecule has 0 aliphatic heterocycles. The summed E-state index contributed by atoms with van der Waals surface area (Å²) in [4.78, 5) is 3.89. The molecule has 1 fully saturated rings. The van der Waals surface area contributed by atoms with E-state index in [1.54, 1.807) is 0 Å². The zero-order chi connectivity index (χ0) is 11.9. The molecule has 0 radical (unpaired) electrons. The van der Waals surface area contributed by atoms with E-state index in [2.05, 4.69) is 10.3 Å². The molecule has 1 aliphatic rings. The van der Waals surface area contributed by atoms with E-state index in [0.29, 0.717) is 6.42 Å². The van der Waals surface area contributed by atoms with Crippen LogP contribution in [-0.2, 0) is 0 Å². The van der Waals surface area contributed by atoms with Crippen LogP contribution in [0.4, 0.5) is 10.2 Å². The van der Waals surface area contributed by atoms with Gasteiger partial charge in [-0.15, -0.1) is 0 Å². The van der Waals surface area contributed by atoms with E-state index in [-0.39, 0.29) is 28.4 Å². The zero-order valence-electron chi connectivity index (χ0n) is 9.17. The highest BCUT2D eigenvalue weighted by atomic mass is 35.5. The summed E-state index contributed by atoms with van der Waals surface area (Å²) >= 11 is 5.61. The van der Waals surface area contributed by atoms with Crippen LogP contribution in [0.5, 0.6) is 0 Å². The highest BCUT2D eigenvalue weighted by molar-refractivity contribution is 6.30. The number of nitrogens with zero attached hydrogens (tertiary/aromatic N) is 1. The Hall–Kier alpha value is -0.870. The molecule has 1 heterocycles. The summed E-state index contributed by atoms with van der Waals surface area (Å²) in [6, 6.07) is 1.25. The number of hydrogen-bond acceptors (Lipinski definition) is 3. The number of anilines is 1. The van der Waals surface area contributed by atoms with Crippen molar-refractivity contribution in [2.75, 3.05) is 5.32 Å². The minimum atomic E-state index is -0.468. The van der Waals surface area contributed by atoms with E-state index in [0.717, 1.165) is 0 Å². The molecule has 0 aromatic carbocycles. The summed E-state index contributed by atoms with van der Waals surface area (Å²) in [5.41, 5.74) is -0.256. The van der Waals surface area contributed by atoms with Crippen LogP contribution in [-0.4, -0.2) is 22.2 Å². The van der Waals surface area contributed by atoms with Crippen molar-refractivity contribution in [1.29, 1.82) is 0 Å². The van der Waals surface area contributed by atoms with Crippen molar-refractivity contribution in [2.24, 2.45) is 5.41 Å². The lowest BCUT2D eigenvalue weighted by Gasteiger charge is -2.49. The van der Waals surface area contributed by atoms with Gasteiger partial charge in [-0.05, 0) is 12.5 Å². The Morgan fingerprint density at radius 3 is 2.81 bits per heavy atom. The maximum Gasteiger partial charge on any atom is 0.166 e. The average molecular weight is 245 g/mol. The molecule has 1 aromatic rings. The zero-order valence-corrected chi connectivity index (χ0v) is 9.92. The third-order valence-corrected chi connectivity index (χ3v) is 3.54. The first kappa shape index (κ1) is 11.6. The Labute approximate surface area is 98.6 Å². The Morgan fingerprint density at radius 2 is 2.31 bits per heavy atom. The summed E-state index contributed by atoms with van der Waals surface area (Å²) in [6.07, 6.45) is 1.66. The lowest BCUT2D eigenvalue weighted by atomic mass is 9.64. The topological polar surface area (TPSA) is 45.1 Å². The second-order valence-corrected chi connectivity index (χ2v) is 5.19. The van der Waals surface area contributed by atoms with Crippen molar-refractivity contribution < 1.29 is 9.50 Å². The molecular weight excluding hydrogens is 231 g/mol. The first-order valence-electron chi connectivity index (χ1n) is 5.17. The summed E-state index contributed by atoms with van der Waals surface area (Å²) in [6.45, 7) is 3.87. The maximum atomic E-state index is 13.4. The molecule has 2 N–H and O–H groups in total. The van der Waals surface area contributed by atoms with Crippen molar-refractivity contribution in [3.05, 3.63) is 23.1 Å². The molecule has 2 rings (SSSR count). The number of aliphatic hydroxyl groups is 1. The standard InChI is InChI=1S/C11H14ClFN2O/c1-11(2)8(4-9(11)16)15-10-7(13)3-6(12)5-14-10/h3,5,8-9,16H,4H2,1-2H3,(H,14,15). The van der Waals surface area contributed by atoms with Crippen LogP contribution in [0.25, 0.3) is 0 Å². The average Bonchev–Trinajstić information content (AvgIpc) is 2.21. The normalized spacial score (nSPS) is 27.3. The molecule has 88 valence electrons. The monoisotopic (exact) mass is 244 g/mol. The number of aromatic nitrogens is 1. The van der Waals surface area contributed by atoms with Crippen LogP contribution in [0, 0.1) is 11.2 Å². The predicted octanol–water partition coefficient (Wildman–Crippen LogP) is 2.45. The highest BCUT2D eigenvalue weighted by Gasteiger charge is 2.47. The minimum Gasteiger partial charge on any atom is -0.392 e. The van der Waals surface area contributed by atoms with Crippen molar-refractivity contribution in [3.63, 3.8) is 0 Å². The summed E-state index contributed by atoms with van der Waals surface area (Å²) in [5.74, 6) is -0.279. The lowest BCUT2D eigenvalue weighted by molar-refractivity contribution is -0.0512. The Kier molecular flexibility index (Phi) is 2.80. The lowest BCUT2D eigenvalue weighted by Crippen LogP contribution is -2.57. The smallest absolute Gasteiger partial charge is 0.166 e. The van der Waals surface area contributed by atoms with Gasteiger partial charge in [0, 0.05) is 17.7 Å². The highest BCUT2D eigenvalue weighted by Crippen LogP contribution is 2.42. The van der Waals surface area contributed by atoms with Gasteiger partial charge in [-0.1, -0.05) is 25.4 Å². The molecule has 2 atom stereocenters. The van der Waals surface area contributed by atoms with E-state index >= 15 is 0 Å². The van der Waals surface area contributed by atoms with Crippen molar-refractivity contribution in [3.8, 4) is 0 Å². The summed E-state index contributed by atoms with van der Waals surface area (Å²) in [7, 11) is 0. The Morgan fingerprint density at radius 1 is 1.62 bits per heavy atom. The Bertz CT molecular complexity index is 411. The van der Waals surface area contributed by atoms with Gasteiger partial charge in [0.15, 0.2) is 11.6 Å². The molecule has 5 heteroatoms. The molecule has 0 amide bonds. The minimum absolute atomic E-state index is 0.0330. The molecule has 1 saturated carbocycles. The van der Waals surface area contributed by atoms with Gasteiger partial charge < -0.3 is 10.4 Å². The summed E-state index contributed by atoms with van der Waals surface area (Å²) < 4.78 is 13.4. The van der Waals surface area contributed by atoms with Gasteiger partial charge >= 0.3 is 0 Å². The fourth-order valence-electron chi connectivity index (χ4n) is 1.83. The number of halogens is 2. The summed E-state index contributed by atoms with van der Waals surface area (Å²) in [5, 5.41) is 12.8. The maximum absolute atomic E-state index is 13.4.